The van der Waals surface area contributed by atoms with E-state index in [1.165, 1.54) is 32.4 Å². The van der Waals surface area contributed by atoms with E-state index in [0.29, 0.717) is 18.0 Å². The van der Waals surface area contributed by atoms with Gasteiger partial charge < -0.3 is 14.8 Å². The monoisotopic (exact) mass is 315 g/mol. The summed E-state index contributed by atoms with van der Waals surface area (Å²) >= 11 is 0. The van der Waals surface area contributed by atoms with E-state index < -0.39 is 0 Å². The summed E-state index contributed by atoms with van der Waals surface area (Å²) in [6, 6.07) is 1.80. The molecule has 6 nitrogen and oxygen atoms in total. The molecule has 2 aromatic rings. The van der Waals surface area contributed by atoms with E-state index in [1.54, 1.807) is 18.6 Å². The Labute approximate surface area is 136 Å². The van der Waals surface area contributed by atoms with Crippen molar-refractivity contribution in [1.82, 2.24) is 24.8 Å². The Morgan fingerprint density at radius 3 is 2.87 bits per heavy atom. The molecule has 0 aliphatic carbocycles. The van der Waals surface area contributed by atoms with Crippen LogP contribution in [0.2, 0.25) is 0 Å². The molecule has 0 saturated carbocycles. The first-order valence-corrected chi connectivity index (χ1v) is 8.41. The summed E-state index contributed by atoms with van der Waals surface area (Å²) in [5.41, 5.74) is 2.11. The molecule has 3 rings (SSSR count). The van der Waals surface area contributed by atoms with Crippen molar-refractivity contribution in [2.75, 3.05) is 26.2 Å². The smallest absolute Gasteiger partial charge is 0.252 e. The van der Waals surface area contributed by atoms with Crippen LogP contribution in [0.15, 0.2) is 18.6 Å². The zero-order chi connectivity index (χ0) is 16.2. The maximum atomic E-state index is 12.3. The Morgan fingerprint density at radius 1 is 1.30 bits per heavy atom. The van der Waals surface area contributed by atoms with E-state index in [2.05, 4.69) is 27.1 Å². The number of nitrogens with zero attached hydrogens (tertiary/aromatic N) is 4. The second-order valence-electron chi connectivity index (χ2n) is 6.60. The molecule has 1 saturated heterocycles. The largest absolute Gasteiger partial charge is 0.352 e. The van der Waals surface area contributed by atoms with Crippen LogP contribution >= 0.6 is 0 Å². The number of hydrogen-bond acceptors (Lipinski definition) is 4. The third kappa shape index (κ3) is 3.88. The second-order valence-corrected chi connectivity index (χ2v) is 6.60. The number of aromatic nitrogens is 3. The second kappa shape index (κ2) is 7.08. The van der Waals surface area contributed by atoms with E-state index >= 15 is 0 Å². The molecule has 1 amide bonds. The third-order valence-corrected chi connectivity index (χ3v) is 4.44. The molecule has 0 aromatic carbocycles. The Kier molecular flexibility index (Phi) is 4.91. The molecule has 1 unspecified atom stereocenters. The summed E-state index contributed by atoms with van der Waals surface area (Å²) in [5.74, 6) is 0.374. The number of rotatable bonds is 5. The van der Waals surface area contributed by atoms with Gasteiger partial charge in [0, 0.05) is 26.3 Å². The van der Waals surface area contributed by atoms with Crippen LogP contribution in [0.4, 0.5) is 0 Å². The molecule has 0 spiro atoms. The Balaban J connectivity index is 1.53. The highest BCUT2D eigenvalue weighted by atomic mass is 16.1. The van der Waals surface area contributed by atoms with Gasteiger partial charge in [-0.15, -0.1) is 0 Å². The van der Waals surface area contributed by atoms with Gasteiger partial charge in [0.2, 0.25) is 0 Å². The van der Waals surface area contributed by atoms with Crippen LogP contribution in [0, 0.1) is 5.92 Å². The Bertz CT molecular complexity index is 675. The number of carbonyl (C=O) groups excluding carboxylic acids is 1. The lowest BCUT2D eigenvalue weighted by Crippen LogP contribution is -2.38. The number of carbonyl (C=O) groups is 1. The lowest BCUT2D eigenvalue weighted by Gasteiger charge is -2.29. The highest BCUT2D eigenvalue weighted by Crippen LogP contribution is 2.12. The molecule has 1 aliphatic rings. The minimum atomic E-state index is -0.0736. The van der Waals surface area contributed by atoms with Crippen LogP contribution in [0.25, 0.3) is 11.2 Å². The van der Waals surface area contributed by atoms with Crippen LogP contribution in [-0.2, 0) is 7.05 Å². The maximum Gasteiger partial charge on any atom is 0.252 e. The SMILES string of the molecule is CC(CNC(=O)c1cnc2c(c1)ncn2C)CN1CCCCC1. The van der Waals surface area contributed by atoms with Crippen LogP contribution in [0.1, 0.15) is 36.5 Å². The minimum Gasteiger partial charge on any atom is -0.352 e. The number of amides is 1. The average Bonchev–Trinajstić information content (AvgIpc) is 2.94. The lowest BCUT2D eigenvalue weighted by atomic mass is 10.1. The average molecular weight is 315 g/mol. The Hall–Kier alpha value is -1.95. The van der Waals surface area contributed by atoms with Crippen molar-refractivity contribution in [2.24, 2.45) is 13.0 Å². The van der Waals surface area contributed by atoms with Gasteiger partial charge in [-0.2, -0.15) is 0 Å². The topological polar surface area (TPSA) is 63.1 Å². The van der Waals surface area contributed by atoms with E-state index in [-0.39, 0.29) is 5.91 Å². The van der Waals surface area contributed by atoms with Gasteiger partial charge in [-0.05, 0) is 37.9 Å². The molecule has 1 atom stereocenters. The standard InChI is InChI=1S/C17H25N5O/c1-13(11-22-6-4-3-5-7-22)9-19-17(23)14-8-15-16(18-10-14)21(2)12-20-15/h8,10,12-13H,3-7,9,11H2,1-2H3,(H,19,23). The number of fused-ring (bicyclic) bond motifs is 1. The normalized spacial score (nSPS) is 17.3. The van der Waals surface area contributed by atoms with E-state index in [9.17, 15) is 4.79 Å². The number of aryl methyl sites for hydroxylation is 1. The summed E-state index contributed by atoms with van der Waals surface area (Å²) < 4.78 is 1.84. The van der Waals surface area contributed by atoms with Gasteiger partial charge in [-0.3, -0.25) is 4.79 Å². The van der Waals surface area contributed by atoms with Crippen molar-refractivity contribution in [3.63, 3.8) is 0 Å². The van der Waals surface area contributed by atoms with Crippen molar-refractivity contribution in [2.45, 2.75) is 26.2 Å². The Morgan fingerprint density at radius 2 is 2.09 bits per heavy atom. The lowest BCUT2D eigenvalue weighted by molar-refractivity contribution is 0.0942. The van der Waals surface area contributed by atoms with Gasteiger partial charge >= 0.3 is 0 Å². The van der Waals surface area contributed by atoms with Crippen LogP contribution in [0.5, 0.6) is 0 Å². The molecule has 124 valence electrons. The summed E-state index contributed by atoms with van der Waals surface area (Å²) in [6.45, 7) is 6.32. The molecule has 1 fully saturated rings. The van der Waals surface area contributed by atoms with Gasteiger partial charge in [0.25, 0.3) is 5.91 Å². The number of pyridine rings is 1. The summed E-state index contributed by atoms with van der Waals surface area (Å²) in [5, 5.41) is 3.02. The van der Waals surface area contributed by atoms with Crippen molar-refractivity contribution in [1.29, 1.82) is 0 Å². The highest BCUT2D eigenvalue weighted by molar-refractivity contribution is 5.96. The van der Waals surface area contributed by atoms with Gasteiger partial charge in [0.15, 0.2) is 5.65 Å². The van der Waals surface area contributed by atoms with Crippen molar-refractivity contribution in [3.05, 3.63) is 24.2 Å². The van der Waals surface area contributed by atoms with Gasteiger partial charge in [0.05, 0.1) is 11.9 Å². The quantitative estimate of drug-likeness (QED) is 0.914. The predicted molar refractivity (Wildman–Crippen MR) is 90.3 cm³/mol. The van der Waals surface area contributed by atoms with Crippen molar-refractivity contribution >= 4 is 17.1 Å². The molecule has 2 aromatic heterocycles. The van der Waals surface area contributed by atoms with Crippen LogP contribution in [-0.4, -0.2) is 51.5 Å². The number of hydrogen-bond donors (Lipinski definition) is 1. The molecule has 0 bridgehead atoms. The molecule has 6 heteroatoms. The molecular formula is C17H25N5O. The fourth-order valence-corrected chi connectivity index (χ4v) is 3.16. The molecule has 1 aliphatic heterocycles. The zero-order valence-corrected chi connectivity index (χ0v) is 14.0. The fraction of sp³-hybridized carbons (Fsp3) is 0.588. The number of nitrogens with one attached hydrogen (secondary N) is 1. The van der Waals surface area contributed by atoms with Crippen molar-refractivity contribution in [3.8, 4) is 0 Å². The third-order valence-electron chi connectivity index (χ3n) is 4.44. The molecule has 3 heterocycles. The van der Waals surface area contributed by atoms with E-state index in [4.69, 9.17) is 0 Å². The molecule has 1 N–H and O–H groups in total. The van der Waals surface area contributed by atoms with Gasteiger partial charge in [-0.1, -0.05) is 13.3 Å². The molecular weight excluding hydrogens is 290 g/mol. The van der Waals surface area contributed by atoms with Gasteiger partial charge in [-0.25, -0.2) is 9.97 Å². The summed E-state index contributed by atoms with van der Waals surface area (Å²) in [6.07, 6.45) is 7.28. The predicted octanol–water partition coefficient (Wildman–Crippen LogP) is 1.82. The first-order valence-electron chi connectivity index (χ1n) is 8.41. The van der Waals surface area contributed by atoms with E-state index in [1.807, 2.05) is 11.6 Å². The minimum absolute atomic E-state index is 0.0736. The van der Waals surface area contributed by atoms with Crippen LogP contribution < -0.4 is 5.32 Å². The zero-order valence-electron chi connectivity index (χ0n) is 14.0. The first kappa shape index (κ1) is 15.9. The molecule has 23 heavy (non-hydrogen) atoms. The van der Waals surface area contributed by atoms with Gasteiger partial charge in [0.1, 0.15) is 5.52 Å². The van der Waals surface area contributed by atoms with E-state index in [0.717, 1.165) is 17.7 Å². The first-order chi connectivity index (χ1) is 11.1. The number of piperidine rings is 1. The molecule has 0 radical (unpaired) electrons. The maximum absolute atomic E-state index is 12.3. The fourth-order valence-electron chi connectivity index (χ4n) is 3.16. The number of likely N-dealkylation sites (tertiary alicyclic amines) is 1. The van der Waals surface area contributed by atoms with Crippen LogP contribution in [0.3, 0.4) is 0 Å². The highest BCUT2D eigenvalue weighted by Gasteiger charge is 2.15. The number of imidazole rings is 1. The van der Waals surface area contributed by atoms with Crippen molar-refractivity contribution < 1.29 is 4.79 Å². The summed E-state index contributed by atoms with van der Waals surface area (Å²) in [4.78, 5) is 23.4. The summed E-state index contributed by atoms with van der Waals surface area (Å²) in [7, 11) is 1.89.